The zero-order valence-electron chi connectivity index (χ0n) is 13.6. The van der Waals surface area contributed by atoms with Gasteiger partial charge in [-0.1, -0.05) is 30.9 Å². The van der Waals surface area contributed by atoms with Crippen LogP contribution in [0.1, 0.15) is 37.7 Å². The molecule has 0 unspecified atom stereocenters. The minimum absolute atomic E-state index is 0.118. The molecule has 1 aromatic carbocycles. The molecule has 0 aromatic heterocycles. The molecule has 2 rings (SSSR count). The fourth-order valence-corrected chi connectivity index (χ4v) is 3.13. The van der Waals surface area contributed by atoms with E-state index in [1.165, 1.54) is 12.6 Å². The highest BCUT2D eigenvalue weighted by Crippen LogP contribution is 2.23. The van der Waals surface area contributed by atoms with E-state index in [2.05, 4.69) is 5.32 Å². The number of aryl methyl sites for hydroxylation is 1. The van der Waals surface area contributed by atoms with Gasteiger partial charge >= 0.3 is 0 Å². The maximum absolute atomic E-state index is 12.5. The molecule has 23 heavy (non-hydrogen) atoms. The Kier molecular flexibility index (Phi) is 6.06. The van der Waals surface area contributed by atoms with Crippen LogP contribution >= 0.6 is 11.6 Å². The molecular formula is C18H22ClN3O. The van der Waals surface area contributed by atoms with Crippen molar-refractivity contribution in [2.24, 2.45) is 0 Å². The maximum Gasteiger partial charge on any atom is 0.266 e. The number of nitriles is 1. The molecule has 0 saturated heterocycles. The van der Waals surface area contributed by atoms with Gasteiger partial charge in [-0.05, 0) is 43.5 Å². The van der Waals surface area contributed by atoms with Crippen molar-refractivity contribution in [3.8, 4) is 6.07 Å². The summed E-state index contributed by atoms with van der Waals surface area (Å²) in [6, 6.07) is 7.68. The fraction of sp³-hybridized carbons (Fsp3) is 0.444. The fourth-order valence-electron chi connectivity index (χ4n) is 2.90. The lowest BCUT2D eigenvalue weighted by Crippen LogP contribution is -2.39. The van der Waals surface area contributed by atoms with Gasteiger partial charge in [-0.3, -0.25) is 4.79 Å². The van der Waals surface area contributed by atoms with E-state index >= 15 is 0 Å². The number of carbonyl (C=O) groups is 1. The Balaban J connectivity index is 2.08. The highest BCUT2D eigenvalue weighted by molar-refractivity contribution is 6.30. The minimum atomic E-state index is -0.224. The summed E-state index contributed by atoms with van der Waals surface area (Å²) in [6.07, 6.45) is 7.05. The molecule has 122 valence electrons. The van der Waals surface area contributed by atoms with Crippen molar-refractivity contribution in [3.05, 3.63) is 40.6 Å². The first kappa shape index (κ1) is 17.4. The third-order valence-corrected chi connectivity index (χ3v) is 4.59. The molecule has 0 radical (unpaired) electrons. The normalized spacial score (nSPS) is 15.8. The monoisotopic (exact) mass is 331 g/mol. The van der Waals surface area contributed by atoms with Gasteiger partial charge in [-0.2, -0.15) is 5.26 Å². The van der Waals surface area contributed by atoms with E-state index in [1.54, 1.807) is 18.0 Å². The van der Waals surface area contributed by atoms with Gasteiger partial charge in [0.15, 0.2) is 0 Å². The average molecular weight is 332 g/mol. The van der Waals surface area contributed by atoms with Crippen molar-refractivity contribution in [1.29, 1.82) is 5.26 Å². The summed E-state index contributed by atoms with van der Waals surface area (Å²) in [7, 11) is 1.79. The second kappa shape index (κ2) is 8.03. The summed E-state index contributed by atoms with van der Waals surface area (Å²) in [5.74, 6) is -0.224. The highest BCUT2D eigenvalue weighted by atomic mass is 35.5. The number of hydrogen-bond acceptors (Lipinski definition) is 3. The van der Waals surface area contributed by atoms with Crippen LogP contribution in [0.15, 0.2) is 30.0 Å². The quantitative estimate of drug-likeness (QED) is 0.662. The number of anilines is 1. The Labute approximate surface area is 142 Å². The van der Waals surface area contributed by atoms with Crippen LogP contribution in [0.4, 0.5) is 5.69 Å². The second-order valence-electron chi connectivity index (χ2n) is 5.98. The van der Waals surface area contributed by atoms with Crippen molar-refractivity contribution in [2.45, 2.75) is 45.1 Å². The molecule has 1 N–H and O–H groups in total. The van der Waals surface area contributed by atoms with Crippen molar-refractivity contribution < 1.29 is 4.79 Å². The molecular weight excluding hydrogens is 310 g/mol. The van der Waals surface area contributed by atoms with E-state index in [0.717, 1.165) is 36.9 Å². The van der Waals surface area contributed by atoms with E-state index in [0.29, 0.717) is 5.02 Å². The van der Waals surface area contributed by atoms with Crippen LogP contribution in [0, 0.1) is 18.3 Å². The molecule has 5 heteroatoms. The lowest BCUT2D eigenvalue weighted by atomic mass is 9.94. The molecule has 1 aromatic rings. The second-order valence-corrected chi connectivity index (χ2v) is 6.42. The molecule has 0 bridgehead atoms. The van der Waals surface area contributed by atoms with Crippen molar-refractivity contribution in [3.63, 3.8) is 0 Å². The minimum Gasteiger partial charge on any atom is -0.360 e. The number of benzene rings is 1. The van der Waals surface area contributed by atoms with Gasteiger partial charge in [0.25, 0.3) is 5.91 Å². The zero-order chi connectivity index (χ0) is 16.8. The molecule has 0 spiro atoms. The standard InChI is InChI=1S/C18H22ClN3O/c1-13-10-15(19)8-9-17(13)21-12-14(11-20)18(23)22(2)16-6-4-3-5-7-16/h8-10,12,16,21H,3-7H2,1-2H3/b14-12-. The summed E-state index contributed by atoms with van der Waals surface area (Å²) < 4.78 is 0. The van der Waals surface area contributed by atoms with Crippen LogP contribution < -0.4 is 5.32 Å². The summed E-state index contributed by atoms with van der Waals surface area (Å²) in [6.45, 7) is 1.92. The van der Waals surface area contributed by atoms with E-state index < -0.39 is 0 Å². The SMILES string of the molecule is Cc1cc(Cl)ccc1N/C=C(/C#N)C(=O)N(C)C1CCCCC1. The third kappa shape index (κ3) is 4.49. The number of hydrogen-bond donors (Lipinski definition) is 1. The van der Waals surface area contributed by atoms with Crippen molar-refractivity contribution >= 4 is 23.2 Å². The number of halogens is 1. The van der Waals surface area contributed by atoms with E-state index in [4.69, 9.17) is 11.6 Å². The van der Waals surface area contributed by atoms with E-state index in [9.17, 15) is 10.1 Å². The van der Waals surface area contributed by atoms with Gasteiger partial charge in [0, 0.05) is 30.0 Å². The van der Waals surface area contributed by atoms with Crippen molar-refractivity contribution in [1.82, 2.24) is 4.90 Å². The Morgan fingerprint density at radius 2 is 2.09 bits per heavy atom. The van der Waals surface area contributed by atoms with Crippen LogP contribution in [-0.4, -0.2) is 23.9 Å². The molecule has 4 nitrogen and oxygen atoms in total. The molecule has 0 atom stereocenters. The zero-order valence-corrected chi connectivity index (χ0v) is 14.4. The number of likely N-dealkylation sites (N-methyl/N-ethyl adjacent to an activating group) is 1. The van der Waals surface area contributed by atoms with Gasteiger partial charge in [0.2, 0.25) is 0 Å². The number of amides is 1. The number of nitrogens with one attached hydrogen (secondary N) is 1. The first-order valence-electron chi connectivity index (χ1n) is 7.93. The highest BCUT2D eigenvalue weighted by Gasteiger charge is 2.24. The van der Waals surface area contributed by atoms with Crippen LogP contribution in [-0.2, 0) is 4.79 Å². The Morgan fingerprint density at radius 3 is 2.70 bits per heavy atom. The smallest absolute Gasteiger partial charge is 0.266 e. The predicted octanol–water partition coefficient (Wildman–Crippen LogP) is 4.26. The summed E-state index contributed by atoms with van der Waals surface area (Å²) in [4.78, 5) is 14.2. The molecule has 1 aliphatic carbocycles. The van der Waals surface area contributed by atoms with Gasteiger partial charge in [0.05, 0.1) is 0 Å². The topological polar surface area (TPSA) is 56.1 Å². The third-order valence-electron chi connectivity index (χ3n) is 4.35. The number of nitrogens with zero attached hydrogens (tertiary/aromatic N) is 2. The van der Waals surface area contributed by atoms with Gasteiger partial charge in [-0.15, -0.1) is 0 Å². The van der Waals surface area contributed by atoms with Crippen molar-refractivity contribution in [2.75, 3.05) is 12.4 Å². The average Bonchev–Trinajstić information content (AvgIpc) is 2.57. The van der Waals surface area contributed by atoms with Gasteiger partial charge in [-0.25, -0.2) is 0 Å². The summed E-state index contributed by atoms with van der Waals surface area (Å²) >= 11 is 5.93. The lowest BCUT2D eigenvalue weighted by molar-refractivity contribution is -0.128. The summed E-state index contributed by atoms with van der Waals surface area (Å²) in [5, 5.41) is 13.0. The lowest BCUT2D eigenvalue weighted by Gasteiger charge is -2.31. The van der Waals surface area contributed by atoms with Crippen LogP contribution in [0.25, 0.3) is 0 Å². The predicted molar refractivity (Wildman–Crippen MR) is 93.2 cm³/mol. The van der Waals surface area contributed by atoms with Crippen LogP contribution in [0.5, 0.6) is 0 Å². The first-order valence-corrected chi connectivity index (χ1v) is 8.31. The molecule has 0 aliphatic heterocycles. The molecule has 1 aliphatic rings. The summed E-state index contributed by atoms with van der Waals surface area (Å²) in [5.41, 5.74) is 1.90. The molecule has 1 saturated carbocycles. The van der Waals surface area contributed by atoms with Crippen LogP contribution in [0.3, 0.4) is 0 Å². The maximum atomic E-state index is 12.5. The largest absolute Gasteiger partial charge is 0.360 e. The van der Waals surface area contributed by atoms with Gasteiger partial charge in [0.1, 0.15) is 11.6 Å². The molecule has 1 amide bonds. The molecule has 0 heterocycles. The van der Waals surface area contributed by atoms with E-state index in [-0.39, 0.29) is 17.5 Å². The number of carbonyl (C=O) groups excluding carboxylic acids is 1. The Hall–Kier alpha value is -1.99. The number of rotatable bonds is 4. The van der Waals surface area contributed by atoms with E-state index in [1.807, 2.05) is 25.1 Å². The van der Waals surface area contributed by atoms with Gasteiger partial charge < -0.3 is 10.2 Å². The Morgan fingerprint density at radius 1 is 1.39 bits per heavy atom. The molecule has 1 fully saturated rings. The first-order chi connectivity index (χ1) is 11.0. The van der Waals surface area contributed by atoms with Crippen LogP contribution in [0.2, 0.25) is 5.02 Å². The Bertz CT molecular complexity index is 642.